The Bertz CT molecular complexity index is 434. The maximum Gasteiger partial charge on any atom is 0.272 e. The fraction of sp³-hybridized carbons (Fsp3) is 0.300. The van der Waals surface area contributed by atoms with Crippen molar-refractivity contribution in [2.75, 3.05) is 0 Å². The van der Waals surface area contributed by atoms with Crippen molar-refractivity contribution in [1.29, 1.82) is 0 Å². The summed E-state index contributed by atoms with van der Waals surface area (Å²) in [5.74, 6) is -0.632. The third-order valence-electron chi connectivity index (χ3n) is 2.32. The number of hydrogen-bond donors (Lipinski definition) is 1. The normalized spacial score (nSPS) is 12.1. The minimum atomic E-state index is -0.847. The van der Waals surface area contributed by atoms with Crippen LogP contribution in [-0.2, 0) is 11.2 Å². The molecule has 0 heterocycles. The second-order valence-electron chi connectivity index (χ2n) is 3.39. The van der Waals surface area contributed by atoms with Crippen molar-refractivity contribution < 1.29 is 9.72 Å². The molecule has 1 atom stereocenters. The average molecular weight is 243 g/mol. The molecule has 0 aliphatic heterocycles. The number of alkyl halides is 1. The van der Waals surface area contributed by atoms with Crippen LogP contribution in [0.5, 0.6) is 0 Å². The van der Waals surface area contributed by atoms with E-state index in [0.29, 0.717) is 11.1 Å². The Morgan fingerprint density at radius 2 is 2.25 bits per heavy atom. The van der Waals surface area contributed by atoms with E-state index in [1.165, 1.54) is 6.07 Å². The summed E-state index contributed by atoms with van der Waals surface area (Å²) in [5, 5.41) is 9.83. The lowest BCUT2D eigenvalue weighted by Gasteiger charge is -2.08. The van der Waals surface area contributed by atoms with Crippen molar-refractivity contribution in [3.8, 4) is 0 Å². The number of amides is 1. The standard InChI is InChI=1S/C10H11ClN2O3/c1-6-7(5-8(11)10(12)14)3-2-4-9(6)13(15)16/h2-4,8H,5H2,1H3,(H2,12,14). The number of hydrogen-bond acceptors (Lipinski definition) is 3. The Morgan fingerprint density at radius 3 is 2.75 bits per heavy atom. The Hall–Kier alpha value is -1.62. The first-order valence-corrected chi connectivity index (χ1v) is 5.03. The number of primary amides is 1. The van der Waals surface area contributed by atoms with Crippen molar-refractivity contribution in [1.82, 2.24) is 0 Å². The average Bonchev–Trinajstić information content (AvgIpc) is 2.20. The molecule has 1 aromatic rings. The van der Waals surface area contributed by atoms with E-state index in [0.717, 1.165) is 0 Å². The highest BCUT2D eigenvalue weighted by Gasteiger charge is 2.18. The molecular formula is C10H11ClN2O3. The van der Waals surface area contributed by atoms with Crippen LogP contribution >= 0.6 is 11.6 Å². The van der Waals surface area contributed by atoms with Crippen LogP contribution in [0.4, 0.5) is 5.69 Å². The molecule has 0 spiro atoms. The maximum atomic E-state index is 10.8. The topological polar surface area (TPSA) is 86.2 Å². The van der Waals surface area contributed by atoms with E-state index in [2.05, 4.69) is 0 Å². The van der Waals surface area contributed by atoms with Gasteiger partial charge in [0.15, 0.2) is 0 Å². The number of nitro benzene ring substituents is 1. The first kappa shape index (κ1) is 12.4. The molecule has 0 fully saturated rings. The summed E-state index contributed by atoms with van der Waals surface area (Å²) in [7, 11) is 0. The van der Waals surface area contributed by atoms with Crippen LogP contribution in [0.15, 0.2) is 18.2 Å². The first-order valence-electron chi connectivity index (χ1n) is 4.59. The molecule has 0 saturated carbocycles. The predicted molar refractivity (Wildman–Crippen MR) is 60.4 cm³/mol. The van der Waals surface area contributed by atoms with Gasteiger partial charge < -0.3 is 5.73 Å². The molecule has 86 valence electrons. The van der Waals surface area contributed by atoms with Crippen LogP contribution in [0.3, 0.4) is 0 Å². The highest BCUT2D eigenvalue weighted by atomic mass is 35.5. The Morgan fingerprint density at radius 1 is 1.62 bits per heavy atom. The number of benzene rings is 1. The number of carbonyl (C=O) groups is 1. The third-order valence-corrected chi connectivity index (χ3v) is 2.69. The van der Waals surface area contributed by atoms with Gasteiger partial charge in [-0.3, -0.25) is 14.9 Å². The van der Waals surface area contributed by atoms with Gasteiger partial charge in [0, 0.05) is 11.6 Å². The molecule has 0 radical (unpaired) electrons. The smallest absolute Gasteiger partial charge is 0.272 e. The zero-order valence-electron chi connectivity index (χ0n) is 8.64. The van der Waals surface area contributed by atoms with Crippen LogP contribution in [-0.4, -0.2) is 16.2 Å². The van der Waals surface area contributed by atoms with Gasteiger partial charge in [-0.1, -0.05) is 12.1 Å². The highest BCUT2D eigenvalue weighted by Crippen LogP contribution is 2.22. The summed E-state index contributed by atoms with van der Waals surface area (Å²) < 4.78 is 0. The molecule has 1 rings (SSSR count). The van der Waals surface area contributed by atoms with E-state index in [-0.39, 0.29) is 12.1 Å². The zero-order chi connectivity index (χ0) is 12.3. The van der Waals surface area contributed by atoms with Crippen molar-refractivity contribution in [3.63, 3.8) is 0 Å². The molecule has 0 saturated heterocycles. The van der Waals surface area contributed by atoms with Gasteiger partial charge in [-0.25, -0.2) is 0 Å². The van der Waals surface area contributed by atoms with Crippen molar-refractivity contribution in [3.05, 3.63) is 39.4 Å². The molecule has 16 heavy (non-hydrogen) atoms. The van der Waals surface area contributed by atoms with Gasteiger partial charge in [0.1, 0.15) is 5.38 Å². The molecule has 1 amide bonds. The van der Waals surface area contributed by atoms with Crippen molar-refractivity contribution in [2.45, 2.75) is 18.7 Å². The van der Waals surface area contributed by atoms with Crippen LogP contribution in [0.1, 0.15) is 11.1 Å². The van der Waals surface area contributed by atoms with E-state index >= 15 is 0 Å². The largest absolute Gasteiger partial charge is 0.368 e. The molecule has 0 aliphatic rings. The fourth-order valence-electron chi connectivity index (χ4n) is 1.38. The van der Waals surface area contributed by atoms with Gasteiger partial charge in [0.05, 0.1) is 4.92 Å². The molecule has 1 unspecified atom stereocenters. The lowest BCUT2D eigenvalue weighted by atomic mass is 10.0. The summed E-state index contributed by atoms with van der Waals surface area (Å²) >= 11 is 5.71. The lowest BCUT2D eigenvalue weighted by molar-refractivity contribution is -0.385. The van der Waals surface area contributed by atoms with Gasteiger partial charge >= 0.3 is 0 Å². The van der Waals surface area contributed by atoms with Crippen LogP contribution in [0, 0.1) is 17.0 Å². The van der Waals surface area contributed by atoms with Crippen molar-refractivity contribution >= 4 is 23.2 Å². The molecule has 2 N–H and O–H groups in total. The van der Waals surface area contributed by atoms with Crippen LogP contribution in [0.25, 0.3) is 0 Å². The number of nitrogens with two attached hydrogens (primary N) is 1. The molecule has 0 aromatic heterocycles. The van der Waals surface area contributed by atoms with Crippen molar-refractivity contribution in [2.24, 2.45) is 5.73 Å². The second-order valence-corrected chi connectivity index (χ2v) is 3.92. The van der Waals surface area contributed by atoms with E-state index < -0.39 is 16.2 Å². The molecular weight excluding hydrogens is 232 g/mol. The molecule has 1 aromatic carbocycles. The summed E-state index contributed by atoms with van der Waals surface area (Å²) in [6, 6.07) is 4.66. The Kier molecular flexibility index (Phi) is 3.84. The maximum absolute atomic E-state index is 10.8. The predicted octanol–water partition coefficient (Wildman–Crippen LogP) is 1.54. The minimum absolute atomic E-state index is 0.0193. The third kappa shape index (κ3) is 2.70. The van der Waals surface area contributed by atoms with E-state index in [1.54, 1.807) is 19.1 Å². The van der Waals surface area contributed by atoms with E-state index in [4.69, 9.17) is 17.3 Å². The monoisotopic (exact) mass is 242 g/mol. The summed E-state index contributed by atoms with van der Waals surface area (Å²) in [4.78, 5) is 21.0. The lowest BCUT2D eigenvalue weighted by Crippen LogP contribution is -2.25. The number of carbonyl (C=O) groups excluding carboxylic acids is 1. The Labute approximate surface area is 97.3 Å². The summed E-state index contributed by atoms with van der Waals surface area (Å²) in [6.45, 7) is 1.62. The number of nitro groups is 1. The zero-order valence-corrected chi connectivity index (χ0v) is 9.40. The quantitative estimate of drug-likeness (QED) is 0.494. The summed E-state index contributed by atoms with van der Waals surface area (Å²) in [6.07, 6.45) is 0.199. The van der Waals surface area contributed by atoms with Gasteiger partial charge in [-0.15, -0.1) is 11.6 Å². The molecule has 0 bridgehead atoms. The number of halogens is 1. The molecule has 6 heteroatoms. The Balaban J connectivity index is 3.02. The van der Waals surface area contributed by atoms with E-state index in [1.807, 2.05) is 0 Å². The van der Waals surface area contributed by atoms with Gasteiger partial charge in [-0.2, -0.15) is 0 Å². The van der Waals surface area contributed by atoms with Gasteiger partial charge in [0.25, 0.3) is 5.69 Å². The van der Waals surface area contributed by atoms with Gasteiger partial charge in [-0.05, 0) is 18.9 Å². The number of nitrogens with zero attached hydrogens (tertiary/aromatic N) is 1. The van der Waals surface area contributed by atoms with Gasteiger partial charge in [0.2, 0.25) is 5.91 Å². The highest BCUT2D eigenvalue weighted by molar-refractivity contribution is 6.30. The fourth-order valence-corrected chi connectivity index (χ4v) is 1.55. The first-order chi connectivity index (χ1) is 7.43. The van der Waals surface area contributed by atoms with Crippen LogP contribution < -0.4 is 5.73 Å². The summed E-state index contributed by atoms with van der Waals surface area (Å²) in [5.41, 5.74) is 6.22. The number of rotatable bonds is 4. The molecule has 0 aliphatic carbocycles. The SMILES string of the molecule is Cc1c(CC(Cl)C(N)=O)cccc1[N+](=O)[O-]. The van der Waals surface area contributed by atoms with Crippen LogP contribution in [0.2, 0.25) is 0 Å². The second kappa shape index (κ2) is 4.94. The molecule has 5 nitrogen and oxygen atoms in total. The minimum Gasteiger partial charge on any atom is -0.368 e. The van der Waals surface area contributed by atoms with E-state index in [9.17, 15) is 14.9 Å².